The van der Waals surface area contributed by atoms with Crippen molar-refractivity contribution in [3.63, 3.8) is 0 Å². The Balaban J connectivity index is 1.29. The minimum Gasteiger partial charge on any atom is -0.349 e. The highest BCUT2D eigenvalue weighted by Gasteiger charge is 2.50. The minimum atomic E-state index is -4.20. The van der Waals surface area contributed by atoms with Crippen molar-refractivity contribution in [2.45, 2.75) is 75.5 Å². The Morgan fingerprint density at radius 2 is 2.09 bits per heavy atom. The first-order valence-corrected chi connectivity index (χ1v) is 12.7. The molecule has 1 amide bonds. The number of rotatable bonds is 7. The lowest BCUT2D eigenvalue weighted by atomic mass is 9.77. The van der Waals surface area contributed by atoms with Crippen molar-refractivity contribution in [1.29, 1.82) is 0 Å². The average Bonchev–Trinajstić information content (AvgIpc) is 3.46. The van der Waals surface area contributed by atoms with Crippen LogP contribution in [-0.2, 0) is 9.63 Å². The largest absolute Gasteiger partial charge is 0.392 e. The molecule has 196 valence electrons. The number of hydrogen-bond acceptors (Lipinski definition) is 8. The molecule has 0 bridgehead atoms. The van der Waals surface area contributed by atoms with Gasteiger partial charge in [0, 0.05) is 44.8 Å². The van der Waals surface area contributed by atoms with Crippen LogP contribution in [0.4, 0.5) is 13.2 Å². The Hall–Kier alpha value is -1.02. The van der Waals surface area contributed by atoms with Gasteiger partial charge in [-0.1, -0.05) is 13.3 Å². The predicted octanol–water partition coefficient (Wildman–Crippen LogP) is 0.161. The Labute approximate surface area is 199 Å². The number of nitrogens with zero attached hydrogens (tertiary/aromatic N) is 2. The molecule has 0 aliphatic carbocycles. The van der Waals surface area contributed by atoms with Gasteiger partial charge in [0.15, 0.2) is 0 Å². The molecule has 0 saturated carbocycles. The lowest BCUT2D eigenvalue weighted by molar-refractivity contribution is -0.209. The zero-order valence-electron chi connectivity index (χ0n) is 20.2. The van der Waals surface area contributed by atoms with Crippen LogP contribution in [0.2, 0.25) is 0 Å². The Kier molecular flexibility index (Phi) is 8.71. The molecular weight excluding hydrogens is 451 g/mol. The van der Waals surface area contributed by atoms with E-state index in [4.69, 9.17) is 4.84 Å². The van der Waals surface area contributed by atoms with Gasteiger partial charge in [0.2, 0.25) is 5.91 Å². The van der Waals surface area contributed by atoms with Gasteiger partial charge in [0.1, 0.15) is 6.04 Å². The number of halogens is 3. The standard InChI is InChI=1S/C22H40F3N7O2/c1-3-4-19-15(16(22(23,24)25)6-8-31(19)2)12-32-11-14(10-28-32)29-21(33)18-9-20(34-30-18)17-5-7-26-13-27-17/h14-20,26-28,30H,3-13H2,1-2H3,(H,29,33). The topological polar surface area (TPSA) is 92.9 Å². The van der Waals surface area contributed by atoms with E-state index in [1.807, 2.05) is 19.0 Å². The third-order valence-corrected chi connectivity index (χ3v) is 7.87. The van der Waals surface area contributed by atoms with Gasteiger partial charge in [-0.3, -0.25) is 20.4 Å². The van der Waals surface area contributed by atoms with Crippen LogP contribution < -0.4 is 26.9 Å². The second-order valence-electron chi connectivity index (χ2n) is 10.2. The van der Waals surface area contributed by atoms with Crippen molar-refractivity contribution >= 4 is 5.91 Å². The number of amides is 1. The molecule has 4 rings (SSSR count). The maximum atomic E-state index is 13.9. The van der Waals surface area contributed by atoms with Crippen molar-refractivity contribution < 1.29 is 22.8 Å². The monoisotopic (exact) mass is 491 g/mol. The summed E-state index contributed by atoms with van der Waals surface area (Å²) >= 11 is 0. The Morgan fingerprint density at radius 3 is 2.79 bits per heavy atom. The number of hydrazine groups is 1. The van der Waals surface area contributed by atoms with Gasteiger partial charge >= 0.3 is 6.18 Å². The van der Waals surface area contributed by atoms with Crippen LogP contribution in [0, 0.1) is 11.8 Å². The van der Waals surface area contributed by atoms with E-state index < -0.39 is 24.1 Å². The number of carbonyl (C=O) groups is 1. The van der Waals surface area contributed by atoms with Crippen LogP contribution in [0.3, 0.4) is 0 Å². The molecule has 4 aliphatic rings. The molecule has 9 nitrogen and oxygen atoms in total. The Morgan fingerprint density at radius 1 is 1.26 bits per heavy atom. The zero-order valence-corrected chi connectivity index (χ0v) is 20.2. The molecule has 0 aromatic heterocycles. The van der Waals surface area contributed by atoms with Gasteiger partial charge in [0.25, 0.3) is 0 Å². The molecule has 34 heavy (non-hydrogen) atoms. The van der Waals surface area contributed by atoms with Crippen LogP contribution >= 0.6 is 0 Å². The van der Waals surface area contributed by atoms with E-state index >= 15 is 0 Å². The molecule has 4 fully saturated rings. The SMILES string of the molecule is CCCC1C(CN2CC(NC(=O)C3CC(C4CCNCN4)ON3)CN2)C(C(F)(F)F)CCN1C. The average molecular weight is 492 g/mol. The first-order valence-electron chi connectivity index (χ1n) is 12.7. The maximum absolute atomic E-state index is 13.9. The van der Waals surface area contributed by atoms with Crippen molar-refractivity contribution in [1.82, 2.24) is 36.8 Å². The van der Waals surface area contributed by atoms with Crippen molar-refractivity contribution in [3.05, 3.63) is 0 Å². The molecule has 5 N–H and O–H groups in total. The van der Waals surface area contributed by atoms with Crippen molar-refractivity contribution in [3.8, 4) is 0 Å². The van der Waals surface area contributed by atoms with Crippen LogP contribution in [-0.4, -0.2) is 98.7 Å². The number of likely N-dealkylation sites (tertiary alicyclic amines) is 1. The van der Waals surface area contributed by atoms with E-state index in [-0.39, 0.29) is 36.6 Å². The zero-order chi connectivity index (χ0) is 24.3. The third-order valence-electron chi connectivity index (χ3n) is 7.87. The minimum absolute atomic E-state index is 0.0610. The second-order valence-corrected chi connectivity index (χ2v) is 10.2. The number of carbonyl (C=O) groups excluding carboxylic acids is 1. The van der Waals surface area contributed by atoms with Crippen LogP contribution in [0.1, 0.15) is 39.0 Å². The highest BCUT2D eigenvalue weighted by Crippen LogP contribution is 2.41. The summed E-state index contributed by atoms with van der Waals surface area (Å²) in [5, 5.41) is 11.5. The summed E-state index contributed by atoms with van der Waals surface area (Å²) < 4.78 is 41.6. The van der Waals surface area contributed by atoms with Crippen LogP contribution in [0.15, 0.2) is 0 Å². The fourth-order valence-corrected chi connectivity index (χ4v) is 6.00. The molecule has 0 spiro atoms. The summed E-state index contributed by atoms with van der Waals surface area (Å²) in [5.74, 6) is -1.92. The van der Waals surface area contributed by atoms with Gasteiger partial charge in [-0.15, -0.1) is 0 Å². The fraction of sp³-hybridized carbons (Fsp3) is 0.955. The van der Waals surface area contributed by atoms with Gasteiger partial charge < -0.3 is 15.5 Å². The fourth-order valence-electron chi connectivity index (χ4n) is 6.00. The molecule has 12 heteroatoms. The first-order chi connectivity index (χ1) is 16.3. The molecule has 7 atom stereocenters. The summed E-state index contributed by atoms with van der Waals surface area (Å²) in [6, 6.07) is -0.463. The van der Waals surface area contributed by atoms with Crippen LogP contribution in [0.25, 0.3) is 0 Å². The normalized spacial score (nSPS) is 38.3. The second kappa shape index (κ2) is 11.4. The van der Waals surface area contributed by atoms with Gasteiger partial charge in [-0.25, -0.2) is 5.01 Å². The number of piperidine rings is 1. The summed E-state index contributed by atoms with van der Waals surface area (Å²) in [6.45, 7) is 5.47. The van der Waals surface area contributed by atoms with Crippen LogP contribution in [0.5, 0.6) is 0 Å². The molecule has 0 aromatic carbocycles. The molecule has 0 aromatic rings. The maximum Gasteiger partial charge on any atom is 0.392 e. The smallest absolute Gasteiger partial charge is 0.349 e. The molecule has 7 unspecified atom stereocenters. The van der Waals surface area contributed by atoms with E-state index in [9.17, 15) is 18.0 Å². The summed E-state index contributed by atoms with van der Waals surface area (Å²) in [6.07, 6.45) is -0.980. The van der Waals surface area contributed by atoms with Crippen molar-refractivity contribution in [2.24, 2.45) is 11.8 Å². The summed E-state index contributed by atoms with van der Waals surface area (Å²) in [4.78, 5) is 20.6. The quantitative estimate of drug-likeness (QED) is 0.344. The van der Waals surface area contributed by atoms with Crippen molar-refractivity contribution in [2.75, 3.05) is 46.4 Å². The third kappa shape index (κ3) is 6.21. The molecule has 4 heterocycles. The van der Waals surface area contributed by atoms with E-state index in [1.54, 1.807) is 0 Å². The predicted molar refractivity (Wildman–Crippen MR) is 121 cm³/mol. The van der Waals surface area contributed by atoms with Gasteiger partial charge in [-0.05, 0) is 45.3 Å². The molecular formula is C22H40F3N7O2. The lowest BCUT2D eigenvalue weighted by Crippen LogP contribution is -2.55. The van der Waals surface area contributed by atoms with E-state index in [0.717, 1.165) is 32.5 Å². The van der Waals surface area contributed by atoms with E-state index in [0.29, 0.717) is 32.6 Å². The van der Waals surface area contributed by atoms with E-state index in [2.05, 4.69) is 31.8 Å². The first kappa shape index (κ1) is 26.1. The highest BCUT2D eigenvalue weighted by atomic mass is 19.4. The summed E-state index contributed by atoms with van der Waals surface area (Å²) in [5.41, 5.74) is 6.09. The molecule has 4 saturated heterocycles. The number of alkyl halides is 3. The number of hydroxylamine groups is 1. The summed E-state index contributed by atoms with van der Waals surface area (Å²) in [7, 11) is 1.93. The highest BCUT2D eigenvalue weighted by molar-refractivity contribution is 5.82. The Bertz CT molecular complexity index is 679. The van der Waals surface area contributed by atoms with Gasteiger partial charge in [0.05, 0.1) is 18.1 Å². The molecule has 0 radical (unpaired) electrons. The lowest BCUT2D eigenvalue weighted by Gasteiger charge is -2.46. The number of hydrogen-bond donors (Lipinski definition) is 5. The number of nitrogens with one attached hydrogen (secondary N) is 5. The molecule has 4 aliphatic heterocycles. The van der Waals surface area contributed by atoms with E-state index in [1.165, 1.54) is 0 Å². The van der Waals surface area contributed by atoms with Gasteiger partial charge in [-0.2, -0.15) is 18.7 Å².